The molecule has 28 heavy (non-hydrogen) atoms. The third kappa shape index (κ3) is 3.80. The lowest BCUT2D eigenvalue weighted by Crippen LogP contribution is -2.49. The van der Waals surface area contributed by atoms with Gasteiger partial charge in [0.2, 0.25) is 16.0 Å². The average molecular weight is 407 g/mol. The van der Waals surface area contributed by atoms with Gasteiger partial charge in [-0.05, 0) is 18.2 Å². The zero-order chi connectivity index (χ0) is 19.6. The van der Waals surface area contributed by atoms with Crippen molar-refractivity contribution >= 4 is 21.8 Å². The van der Waals surface area contributed by atoms with Crippen LogP contribution in [0.15, 0.2) is 41.4 Å². The Morgan fingerprint density at radius 1 is 0.929 bits per heavy atom. The molecule has 0 aliphatic carbocycles. The fourth-order valence-corrected chi connectivity index (χ4v) is 4.87. The highest BCUT2D eigenvalue weighted by Gasteiger charge is 2.31. The SMILES string of the molecule is O=S(=O)(c1ccccc1F)N1CCN(c2ccnc(N3CCOCC3)n2)CC1. The molecule has 0 unspecified atom stereocenters. The Balaban J connectivity index is 1.45. The predicted molar refractivity (Wildman–Crippen MR) is 102 cm³/mol. The van der Waals surface area contributed by atoms with Crippen molar-refractivity contribution in [2.45, 2.75) is 4.90 Å². The Morgan fingerprint density at radius 2 is 1.64 bits per heavy atom. The minimum Gasteiger partial charge on any atom is -0.378 e. The summed E-state index contributed by atoms with van der Waals surface area (Å²) in [5, 5.41) is 0. The maximum Gasteiger partial charge on any atom is 0.246 e. The van der Waals surface area contributed by atoms with Crippen LogP contribution < -0.4 is 9.80 Å². The van der Waals surface area contributed by atoms with Crippen LogP contribution in [0.25, 0.3) is 0 Å². The molecular weight excluding hydrogens is 385 g/mol. The second-order valence-corrected chi connectivity index (χ2v) is 8.54. The van der Waals surface area contributed by atoms with Gasteiger partial charge in [-0.1, -0.05) is 12.1 Å². The smallest absolute Gasteiger partial charge is 0.246 e. The first-order chi connectivity index (χ1) is 13.6. The molecular formula is C18H22FN5O3S. The van der Waals surface area contributed by atoms with Gasteiger partial charge in [-0.15, -0.1) is 0 Å². The van der Waals surface area contributed by atoms with Crippen LogP contribution in [0.2, 0.25) is 0 Å². The number of halogens is 1. The van der Waals surface area contributed by atoms with E-state index in [4.69, 9.17) is 4.74 Å². The molecule has 1 aromatic carbocycles. The zero-order valence-corrected chi connectivity index (χ0v) is 16.2. The van der Waals surface area contributed by atoms with Gasteiger partial charge in [0.1, 0.15) is 16.5 Å². The average Bonchev–Trinajstić information content (AvgIpc) is 2.75. The van der Waals surface area contributed by atoms with Crippen molar-refractivity contribution in [1.29, 1.82) is 0 Å². The third-order valence-electron chi connectivity index (χ3n) is 4.94. The minimum absolute atomic E-state index is 0.271. The highest BCUT2D eigenvalue weighted by Crippen LogP contribution is 2.23. The Bertz CT molecular complexity index is 928. The Hall–Kier alpha value is -2.30. The Morgan fingerprint density at radius 3 is 2.36 bits per heavy atom. The summed E-state index contributed by atoms with van der Waals surface area (Å²) in [6.45, 7) is 4.30. The highest BCUT2D eigenvalue weighted by atomic mass is 32.2. The van der Waals surface area contributed by atoms with Gasteiger partial charge in [0.05, 0.1) is 13.2 Å². The van der Waals surface area contributed by atoms with Gasteiger partial charge in [-0.3, -0.25) is 0 Å². The molecule has 0 N–H and O–H groups in total. The van der Waals surface area contributed by atoms with Gasteiger partial charge in [0, 0.05) is 45.5 Å². The molecule has 2 aliphatic heterocycles. The monoisotopic (exact) mass is 407 g/mol. The van der Waals surface area contributed by atoms with Crippen molar-refractivity contribution in [3.05, 3.63) is 42.3 Å². The predicted octanol–water partition coefficient (Wildman–Crippen LogP) is 0.963. The van der Waals surface area contributed by atoms with Gasteiger partial charge >= 0.3 is 0 Å². The topological polar surface area (TPSA) is 78.9 Å². The van der Waals surface area contributed by atoms with Crippen LogP contribution in [0.4, 0.5) is 16.2 Å². The molecule has 150 valence electrons. The number of nitrogens with zero attached hydrogens (tertiary/aromatic N) is 5. The van der Waals surface area contributed by atoms with E-state index in [2.05, 4.69) is 14.9 Å². The zero-order valence-electron chi connectivity index (χ0n) is 15.4. The molecule has 2 saturated heterocycles. The summed E-state index contributed by atoms with van der Waals surface area (Å²) in [7, 11) is -3.85. The molecule has 2 aliphatic rings. The van der Waals surface area contributed by atoms with E-state index in [1.54, 1.807) is 6.20 Å². The Labute approximate surface area is 163 Å². The maximum atomic E-state index is 14.0. The van der Waals surface area contributed by atoms with Crippen molar-refractivity contribution in [2.24, 2.45) is 0 Å². The number of morpholine rings is 1. The van der Waals surface area contributed by atoms with E-state index in [0.29, 0.717) is 32.3 Å². The number of hydrogen-bond donors (Lipinski definition) is 0. The number of piperazine rings is 1. The van der Waals surface area contributed by atoms with Gasteiger partial charge in [0.25, 0.3) is 0 Å². The van der Waals surface area contributed by atoms with E-state index in [1.165, 1.54) is 22.5 Å². The van der Waals surface area contributed by atoms with Crippen LogP contribution in [-0.2, 0) is 14.8 Å². The van der Waals surface area contributed by atoms with E-state index in [9.17, 15) is 12.8 Å². The molecule has 0 spiro atoms. The third-order valence-corrected chi connectivity index (χ3v) is 6.87. The van der Waals surface area contributed by atoms with Crippen molar-refractivity contribution in [3.8, 4) is 0 Å². The summed E-state index contributed by atoms with van der Waals surface area (Å²) in [5.74, 6) is 0.692. The molecule has 0 bridgehead atoms. The van der Waals surface area contributed by atoms with Crippen LogP contribution in [0.5, 0.6) is 0 Å². The van der Waals surface area contributed by atoms with Crippen LogP contribution in [0.3, 0.4) is 0 Å². The quantitative estimate of drug-likeness (QED) is 0.747. The number of hydrogen-bond acceptors (Lipinski definition) is 7. The number of benzene rings is 1. The summed E-state index contributed by atoms with van der Waals surface area (Å²) in [5.41, 5.74) is 0. The van der Waals surface area contributed by atoms with E-state index in [-0.39, 0.29) is 18.0 Å². The molecule has 10 heteroatoms. The van der Waals surface area contributed by atoms with Crippen molar-refractivity contribution in [1.82, 2.24) is 14.3 Å². The van der Waals surface area contributed by atoms with Crippen LogP contribution in [-0.4, -0.2) is 75.2 Å². The number of ether oxygens (including phenoxy) is 1. The fraction of sp³-hybridized carbons (Fsp3) is 0.444. The summed E-state index contributed by atoms with van der Waals surface area (Å²) < 4.78 is 46.1. The number of aromatic nitrogens is 2. The van der Waals surface area contributed by atoms with E-state index in [1.807, 2.05) is 11.0 Å². The first kappa shape index (κ1) is 19.0. The summed E-state index contributed by atoms with van der Waals surface area (Å²) in [4.78, 5) is 12.8. The number of anilines is 2. The molecule has 8 nitrogen and oxygen atoms in total. The molecule has 0 amide bonds. The number of rotatable bonds is 4. The number of sulfonamides is 1. The largest absolute Gasteiger partial charge is 0.378 e. The van der Waals surface area contributed by atoms with Gasteiger partial charge in [-0.25, -0.2) is 17.8 Å². The summed E-state index contributed by atoms with van der Waals surface area (Å²) in [6, 6.07) is 7.30. The van der Waals surface area contributed by atoms with E-state index < -0.39 is 15.8 Å². The van der Waals surface area contributed by atoms with Crippen molar-refractivity contribution < 1.29 is 17.5 Å². The normalized spacial score (nSPS) is 19.0. The first-order valence-corrected chi connectivity index (χ1v) is 10.6. The van der Waals surface area contributed by atoms with Gasteiger partial charge in [0.15, 0.2) is 0 Å². The fourth-order valence-electron chi connectivity index (χ4n) is 3.38. The molecule has 4 rings (SSSR count). The summed E-state index contributed by atoms with van der Waals surface area (Å²) >= 11 is 0. The summed E-state index contributed by atoms with van der Waals surface area (Å²) in [6.07, 6.45) is 1.72. The lowest BCUT2D eigenvalue weighted by Gasteiger charge is -2.35. The van der Waals surface area contributed by atoms with Crippen molar-refractivity contribution in [3.63, 3.8) is 0 Å². The van der Waals surface area contributed by atoms with Crippen LogP contribution in [0, 0.1) is 5.82 Å². The molecule has 0 saturated carbocycles. The van der Waals surface area contributed by atoms with Crippen molar-refractivity contribution in [2.75, 3.05) is 62.3 Å². The lowest BCUT2D eigenvalue weighted by molar-refractivity contribution is 0.122. The standard InChI is InChI=1S/C18H22FN5O3S/c19-15-3-1-2-4-16(15)28(25,26)24-9-7-22(8-10-24)17-5-6-20-18(21-17)23-11-13-27-14-12-23/h1-6H,7-14H2. The molecule has 2 fully saturated rings. The van der Waals surface area contributed by atoms with Gasteiger partial charge in [-0.2, -0.15) is 9.29 Å². The lowest BCUT2D eigenvalue weighted by atomic mass is 10.3. The Kier molecular flexibility index (Phi) is 5.42. The van der Waals surface area contributed by atoms with Gasteiger partial charge < -0.3 is 14.5 Å². The molecule has 0 atom stereocenters. The highest BCUT2D eigenvalue weighted by molar-refractivity contribution is 7.89. The van der Waals surface area contributed by atoms with Crippen LogP contribution >= 0.6 is 0 Å². The van der Waals surface area contributed by atoms with E-state index >= 15 is 0 Å². The first-order valence-electron chi connectivity index (χ1n) is 9.21. The van der Waals surface area contributed by atoms with E-state index in [0.717, 1.165) is 25.0 Å². The molecule has 1 aromatic heterocycles. The second kappa shape index (κ2) is 7.98. The molecule has 0 radical (unpaired) electrons. The second-order valence-electron chi connectivity index (χ2n) is 6.64. The van der Waals surface area contributed by atoms with Crippen LogP contribution in [0.1, 0.15) is 0 Å². The molecule has 2 aromatic rings. The maximum absolute atomic E-state index is 14.0. The minimum atomic E-state index is -3.85. The molecule has 3 heterocycles.